The number of hydrogen-bond donors (Lipinski definition) is 2. The molecular weight excluding hydrogens is 260 g/mol. The maximum absolute atomic E-state index is 11.8. The van der Waals surface area contributed by atoms with Crippen molar-refractivity contribution in [3.63, 3.8) is 0 Å². The molecule has 0 saturated heterocycles. The van der Waals surface area contributed by atoms with Gasteiger partial charge in [0.1, 0.15) is 18.2 Å². The Morgan fingerprint density at radius 1 is 1.45 bits per heavy atom. The van der Waals surface area contributed by atoms with Crippen molar-refractivity contribution >= 4 is 17.7 Å². The number of carbonyl (C=O) groups is 2. The van der Waals surface area contributed by atoms with Crippen LogP contribution in [-0.2, 0) is 16.1 Å². The van der Waals surface area contributed by atoms with E-state index in [1.165, 1.54) is 4.57 Å². The minimum absolute atomic E-state index is 0.0385. The predicted octanol–water partition coefficient (Wildman–Crippen LogP) is 0.723. The highest BCUT2D eigenvalue weighted by atomic mass is 16.5. The molecule has 1 rings (SSSR count). The molecule has 0 fully saturated rings. The summed E-state index contributed by atoms with van der Waals surface area (Å²) in [5, 5.41) is 2.79. The normalized spacial score (nSPS) is 10.7. The Kier molecular flexibility index (Phi) is 5.54. The lowest BCUT2D eigenvalue weighted by Crippen LogP contribution is -2.31. The third-order valence-electron chi connectivity index (χ3n) is 2.68. The van der Waals surface area contributed by atoms with Crippen molar-refractivity contribution in [2.45, 2.75) is 34.2 Å². The molecule has 112 valence electrons. The molecule has 0 aliphatic rings. The van der Waals surface area contributed by atoms with Gasteiger partial charge in [-0.05, 0) is 19.8 Å². The highest BCUT2D eigenvalue weighted by molar-refractivity contribution is 5.92. The van der Waals surface area contributed by atoms with Gasteiger partial charge in [-0.1, -0.05) is 13.8 Å². The third kappa shape index (κ3) is 3.97. The molecule has 3 N–H and O–H groups in total. The molecule has 1 aromatic heterocycles. The van der Waals surface area contributed by atoms with Crippen molar-refractivity contribution in [3.8, 4) is 0 Å². The van der Waals surface area contributed by atoms with Gasteiger partial charge < -0.3 is 20.4 Å². The number of amides is 1. The van der Waals surface area contributed by atoms with Gasteiger partial charge in [0.15, 0.2) is 5.69 Å². The first-order chi connectivity index (χ1) is 9.36. The van der Waals surface area contributed by atoms with Crippen LogP contribution < -0.4 is 11.1 Å². The van der Waals surface area contributed by atoms with E-state index in [4.69, 9.17) is 10.5 Å². The fraction of sp³-hybridized carbons (Fsp3) is 0.615. The van der Waals surface area contributed by atoms with Gasteiger partial charge in [-0.25, -0.2) is 9.78 Å². The summed E-state index contributed by atoms with van der Waals surface area (Å²) < 4.78 is 6.37. The first-order valence-corrected chi connectivity index (χ1v) is 6.63. The zero-order chi connectivity index (χ0) is 15.3. The van der Waals surface area contributed by atoms with Gasteiger partial charge in [-0.2, -0.15) is 0 Å². The molecule has 7 heteroatoms. The topological polar surface area (TPSA) is 99.2 Å². The molecule has 7 nitrogen and oxygen atoms in total. The van der Waals surface area contributed by atoms with Crippen molar-refractivity contribution in [1.29, 1.82) is 0 Å². The summed E-state index contributed by atoms with van der Waals surface area (Å²) in [6.07, 6.45) is 0. The molecule has 0 aromatic carbocycles. The summed E-state index contributed by atoms with van der Waals surface area (Å²) in [5.41, 5.74) is 5.92. The molecule has 0 aliphatic carbocycles. The average Bonchev–Trinajstić information content (AvgIpc) is 2.64. The maximum Gasteiger partial charge on any atom is 0.360 e. The van der Waals surface area contributed by atoms with Gasteiger partial charge in [-0.3, -0.25) is 4.79 Å². The van der Waals surface area contributed by atoms with E-state index in [-0.39, 0.29) is 30.6 Å². The molecule has 1 heterocycles. The van der Waals surface area contributed by atoms with Crippen molar-refractivity contribution < 1.29 is 14.3 Å². The number of nitrogens with one attached hydrogen (secondary N) is 1. The second-order valence-electron chi connectivity index (χ2n) is 4.90. The number of ether oxygens (including phenoxy) is 1. The van der Waals surface area contributed by atoms with Crippen molar-refractivity contribution in [1.82, 2.24) is 14.9 Å². The zero-order valence-electron chi connectivity index (χ0n) is 12.4. The number of anilines is 1. The molecule has 0 radical (unpaired) electrons. The highest BCUT2D eigenvalue weighted by Crippen LogP contribution is 2.15. The second-order valence-corrected chi connectivity index (χ2v) is 4.90. The van der Waals surface area contributed by atoms with Gasteiger partial charge in [0.25, 0.3) is 0 Å². The summed E-state index contributed by atoms with van der Waals surface area (Å²) in [7, 11) is 0. The summed E-state index contributed by atoms with van der Waals surface area (Å²) in [4.78, 5) is 27.5. The largest absolute Gasteiger partial charge is 0.461 e. The van der Waals surface area contributed by atoms with E-state index < -0.39 is 5.97 Å². The van der Waals surface area contributed by atoms with Gasteiger partial charge in [0, 0.05) is 6.54 Å². The zero-order valence-corrected chi connectivity index (χ0v) is 12.4. The van der Waals surface area contributed by atoms with Crippen molar-refractivity contribution in [2.24, 2.45) is 5.92 Å². The first kappa shape index (κ1) is 16.0. The van der Waals surface area contributed by atoms with Crippen LogP contribution in [-0.4, -0.2) is 34.6 Å². The van der Waals surface area contributed by atoms with Crippen LogP contribution in [0, 0.1) is 12.8 Å². The van der Waals surface area contributed by atoms with Crippen LogP contribution in [0.3, 0.4) is 0 Å². The fourth-order valence-corrected chi connectivity index (χ4v) is 1.65. The third-order valence-corrected chi connectivity index (χ3v) is 2.68. The van der Waals surface area contributed by atoms with Crippen LogP contribution in [0.4, 0.5) is 5.82 Å². The van der Waals surface area contributed by atoms with Gasteiger partial charge in [0.2, 0.25) is 5.91 Å². The molecule has 1 aromatic rings. The van der Waals surface area contributed by atoms with Crippen molar-refractivity contribution in [3.05, 3.63) is 11.5 Å². The summed E-state index contributed by atoms with van der Waals surface area (Å²) in [5.74, 6) is 0.289. The van der Waals surface area contributed by atoms with E-state index >= 15 is 0 Å². The number of esters is 1. The average molecular weight is 282 g/mol. The number of imidazole rings is 1. The Bertz CT molecular complexity index is 494. The predicted molar refractivity (Wildman–Crippen MR) is 75.2 cm³/mol. The summed E-state index contributed by atoms with van der Waals surface area (Å²) in [6, 6.07) is 0. The molecule has 0 bridgehead atoms. The fourth-order valence-electron chi connectivity index (χ4n) is 1.65. The number of nitrogens with zero attached hydrogens (tertiary/aromatic N) is 2. The summed E-state index contributed by atoms with van der Waals surface area (Å²) in [6.45, 7) is 8.30. The molecule has 0 saturated carbocycles. The quantitative estimate of drug-likeness (QED) is 0.749. The maximum atomic E-state index is 11.8. The highest BCUT2D eigenvalue weighted by Gasteiger charge is 2.20. The number of nitrogen functional groups attached to an aromatic ring is 1. The second kappa shape index (κ2) is 6.93. The molecule has 0 unspecified atom stereocenters. The van der Waals surface area contributed by atoms with Crippen LogP contribution >= 0.6 is 0 Å². The Morgan fingerprint density at radius 2 is 2.10 bits per heavy atom. The van der Waals surface area contributed by atoms with E-state index in [0.29, 0.717) is 18.3 Å². The minimum atomic E-state index is -0.575. The number of aryl methyl sites for hydroxylation is 1. The molecule has 20 heavy (non-hydrogen) atoms. The first-order valence-electron chi connectivity index (χ1n) is 6.63. The number of carbonyl (C=O) groups excluding carboxylic acids is 2. The standard InChI is InChI=1S/C13H22N4O3/c1-5-20-13(19)11-12(14)17(9(4)16-11)7-10(18)15-6-8(2)3/h8H,5-7,14H2,1-4H3,(H,15,18). The lowest BCUT2D eigenvalue weighted by molar-refractivity contribution is -0.121. The molecule has 1 amide bonds. The molecule has 0 aliphatic heterocycles. The van der Waals surface area contributed by atoms with E-state index in [1.54, 1.807) is 13.8 Å². The van der Waals surface area contributed by atoms with Gasteiger partial charge in [0.05, 0.1) is 6.61 Å². The van der Waals surface area contributed by atoms with Crippen LogP contribution in [0.15, 0.2) is 0 Å². The van der Waals surface area contributed by atoms with Crippen LogP contribution in [0.1, 0.15) is 37.1 Å². The SMILES string of the molecule is CCOC(=O)c1nc(C)n(CC(=O)NCC(C)C)c1N. The van der Waals surface area contributed by atoms with Gasteiger partial charge >= 0.3 is 5.97 Å². The van der Waals surface area contributed by atoms with E-state index in [2.05, 4.69) is 10.3 Å². The molecule has 0 atom stereocenters. The smallest absolute Gasteiger partial charge is 0.360 e. The van der Waals surface area contributed by atoms with E-state index in [0.717, 1.165) is 0 Å². The number of nitrogens with two attached hydrogens (primary N) is 1. The Balaban J connectivity index is 2.81. The summed E-state index contributed by atoms with van der Waals surface area (Å²) >= 11 is 0. The minimum Gasteiger partial charge on any atom is -0.461 e. The van der Waals surface area contributed by atoms with E-state index in [9.17, 15) is 9.59 Å². The van der Waals surface area contributed by atoms with Crippen molar-refractivity contribution in [2.75, 3.05) is 18.9 Å². The van der Waals surface area contributed by atoms with E-state index in [1.807, 2.05) is 13.8 Å². The van der Waals surface area contributed by atoms with Crippen LogP contribution in [0.5, 0.6) is 0 Å². The molecular formula is C13H22N4O3. The monoisotopic (exact) mass is 282 g/mol. The van der Waals surface area contributed by atoms with Crippen LogP contribution in [0.25, 0.3) is 0 Å². The Labute approximate surface area is 118 Å². The Morgan fingerprint density at radius 3 is 2.65 bits per heavy atom. The number of aromatic nitrogens is 2. The Hall–Kier alpha value is -2.05. The van der Waals surface area contributed by atoms with Crippen LogP contribution in [0.2, 0.25) is 0 Å². The number of rotatable bonds is 6. The lowest BCUT2D eigenvalue weighted by Gasteiger charge is -2.10. The molecule has 0 spiro atoms. The number of hydrogen-bond acceptors (Lipinski definition) is 5. The van der Waals surface area contributed by atoms with Gasteiger partial charge in [-0.15, -0.1) is 0 Å². The lowest BCUT2D eigenvalue weighted by atomic mass is 10.2.